The Bertz CT molecular complexity index is 1790. The molecule has 5 unspecified atom stereocenters. The Kier molecular flexibility index (Phi) is 49.7. The van der Waals surface area contributed by atoms with Gasteiger partial charge in [0.2, 0.25) is 0 Å². The Morgan fingerprint density at radius 1 is 0.433 bits per heavy atom. The van der Waals surface area contributed by atoms with Crippen LogP contribution in [0.5, 0.6) is 0 Å². The van der Waals surface area contributed by atoms with Gasteiger partial charge in [0, 0.05) is 42.8 Å². The van der Waals surface area contributed by atoms with Crippen molar-refractivity contribution in [2.45, 2.75) is 332 Å². The number of nitrogens with zero attached hydrogens (tertiary/aromatic N) is 6. The topological polar surface area (TPSA) is 75.8 Å². The van der Waals surface area contributed by atoms with Crippen LogP contribution in [0.3, 0.4) is 0 Å². The zero-order valence-electron chi connectivity index (χ0n) is 70.3. The first-order chi connectivity index (χ1) is 45.1. The average Bonchev–Trinajstić information content (AvgIpc) is 1.79. The van der Waals surface area contributed by atoms with E-state index in [0.717, 1.165) is 114 Å². The molecule has 0 aromatic heterocycles. The molecule has 11 aliphatic heterocycles. The number of hydrogen-bond donors (Lipinski definition) is 4. The number of piperidine rings is 9. The molecular formula is C87H183N9O. The van der Waals surface area contributed by atoms with Crippen LogP contribution in [0.15, 0.2) is 0 Å². The molecular weight excluding hydrogens is 1190 g/mol. The number of aliphatic hydroxyl groups is 1. The van der Waals surface area contributed by atoms with Crippen molar-refractivity contribution in [1.82, 2.24) is 45.3 Å². The molecule has 5 atom stereocenters. The standard InChI is InChI=1S/2C12H25N.C10H19N.2C10H21N.C9H19N.2C8H17N.C7H15NO.CH4/c1-9(2)10-7-11(3,4)13-12(5,6)8-10;1-4-5-8-13-9-6-12(7-10-13)11(2)3;1-8(2)10-7-11-5-3-9(10)4-6-11;1-4-11-7-5-10(6-8-11)9(2)3;1-4-11-7-5-6-10(8-11)9(2)3;1-8(2)9-4-6-10(3)7-5-9;1-7(2)8-5-4-6-9(8)3;1-7(2)8-3-5-9-6-4-8;1-5(2)7-3-6(9)4-8-7;/h9-10,13H,7-8H2,1-6H3;11-12H,4-10H2,1-3H3;8-10H,3-7H2,1-2H3;2*9-10H,4-8H2,1-3H3;8-9H,4-7H2,1-3H3;7-8H,4-6H2,1-3H3;7-9H,3-6H2,1-2H3;5-9H,3-4H2,1-2H3;1H4. The molecule has 2 bridgehead atoms. The van der Waals surface area contributed by atoms with Crippen LogP contribution in [0.1, 0.15) is 303 Å². The summed E-state index contributed by atoms with van der Waals surface area (Å²) in [5.41, 5.74) is 0.632. The fourth-order valence-electron chi connectivity index (χ4n) is 18.0. The molecule has 0 aromatic rings. The van der Waals surface area contributed by atoms with Crippen molar-refractivity contribution in [2.24, 2.45) is 101 Å². The molecule has 0 aromatic carbocycles. The predicted octanol–water partition coefficient (Wildman–Crippen LogP) is 19.5. The Balaban J connectivity index is 0.000000546. The molecule has 0 saturated carbocycles. The highest BCUT2D eigenvalue weighted by atomic mass is 16.3. The lowest BCUT2D eigenvalue weighted by atomic mass is 9.72. The molecule has 0 amide bonds. The van der Waals surface area contributed by atoms with Crippen molar-refractivity contribution in [3.63, 3.8) is 0 Å². The fraction of sp³-hybridized carbons (Fsp3) is 1.00. The van der Waals surface area contributed by atoms with E-state index in [1.165, 1.54) is 227 Å². The van der Waals surface area contributed by atoms with Crippen LogP contribution in [0.2, 0.25) is 0 Å². The third-order valence-electron chi connectivity index (χ3n) is 25.4. The number of hydrogen-bond acceptors (Lipinski definition) is 10. The van der Waals surface area contributed by atoms with Crippen LogP contribution in [-0.2, 0) is 0 Å². The third kappa shape index (κ3) is 40.1. The van der Waals surface area contributed by atoms with Crippen molar-refractivity contribution >= 4 is 0 Å². The minimum Gasteiger partial charge on any atom is -0.392 e. The molecule has 11 saturated heterocycles. The summed E-state index contributed by atoms with van der Waals surface area (Å²) in [5.74, 6) is 15.6. The first-order valence-corrected chi connectivity index (χ1v) is 42.3. The fourth-order valence-corrected chi connectivity index (χ4v) is 18.0. The highest BCUT2D eigenvalue weighted by Gasteiger charge is 2.39. The van der Waals surface area contributed by atoms with E-state index < -0.39 is 0 Å². The SMILES string of the molecule is C.CC(C)C1CC(C)(C)NC(C)(C)C1.CC(C)C1CC(O)CN1.CC(C)C1CCCN1C.CC(C)C1CCN(C)CC1.CC(C)C1CCNCC1.CC(C)C1CN2CCC1CC2.CCCCN1CCC(C(C)C)CC1.CCN1CCC(C(C)C)CC1.CCN1CCCC(C(C)C)C1. The third-order valence-corrected chi connectivity index (χ3v) is 25.4. The maximum Gasteiger partial charge on any atom is 0.0679 e. The lowest BCUT2D eigenvalue weighted by Crippen LogP contribution is -2.58. The van der Waals surface area contributed by atoms with E-state index in [2.05, 4.69) is 233 Å². The second-order valence-corrected chi connectivity index (χ2v) is 37.5. The van der Waals surface area contributed by atoms with Gasteiger partial charge in [-0.05, 0) is 356 Å². The minimum atomic E-state index is -0.0996. The van der Waals surface area contributed by atoms with E-state index in [1.807, 2.05) is 0 Å². The Hall–Kier alpha value is -0.400. The maximum absolute atomic E-state index is 9.09. The van der Waals surface area contributed by atoms with Crippen LogP contribution in [-0.4, -0.2) is 196 Å². The molecule has 0 aliphatic carbocycles. The van der Waals surface area contributed by atoms with Crippen molar-refractivity contribution in [3.05, 3.63) is 0 Å². The lowest BCUT2D eigenvalue weighted by Gasteiger charge is -2.47. The zero-order valence-corrected chi connectivity index (χ0v) is 70.3. The van der Waals surface area contributed by atoms with Crippen molar-refractivity contribution < 1.29 is 5.11 Å². The van der Waals surface area contributed by atoms with Crippen LogP contribution in [0.25, 0.3) is 0 Å². The summed E-state index contributed by atoms with van der Waals surface area (Å²) in [5, 5.41) is 19.4. The van der Waals surface area contributed by atoms with Gasteiger partial charge in [-0.1, -0.05) is 159 Å². The Labute approximate surface area is 611 Å². The molecule has 10 nitrogen and oxygen atoms in total. The molecule has 11 rings (SSSR count). The molecule has 11 aliphatic rings. The van der Waals surface area contributed by atoms with Gasteiger partial charge in [-0.2, -0.15) is 0 Å². The normalized spacial score (nSPS) is 28.0. The smallest absolute Gasteiger partial charge is 0.0679 e. The van der Waals surface area contributed by atoms with E-state index in [9.17, 15) is 0 Å². The maximum atomic E-state index is 9.09. The number of fused-ring (bicyclic) bond motifs is 3. The second kappa shape index (κ2) is 50.9. The van der Waals surface area contributed by atoms with Gasteiger partial charge in [-0.3, -0.25) is 0 Å². The van der Waals surface area contributed by atoms with Crippen LogP contribution in [0.4, 0.5) is 0 Å². The number of aliphatic hydroxyl groups excluding tert-OH is 1. The second-order valence-electron chi connectivity index (χ2n) is 37.5. The number of likely N-dealkylation sites (tertiary alicyclic amines) is 5. The summed E-state index contributed by atoms with van der Waals surface area (Å²) < 4.78 is 0. The highest BCUT2D eigenvalue weighted by molar-refractivity contribution is 4.97. The molecule has 582 valence electrons. The van der Waals surface area contributed by atoms with Crippen LogP contribution < -0.4 is 16.0 Å². The predicted molar refractivity (Wildman–Crippen MR) is 435 cm³/mol. The molecule has 97 heavy (non-hydrogen) atoms. The van der Waals surface area contributed by atoms with Gasteiger partial charge in [0.25, 0.3) is 0 Å². The Morgan fingerprint density at radius 2 is 0.876 bits per heavy atom. The van der Waals surface area contributed by atoms with Gasteiger partial charge < -0.3 is 50.5 Å². The largest absolute Gasteiger partial charge is 0.392 e. The quantitative estimate of drug-likeness (QED) is 0.135. The van der Waals surface area contributed by atoms with Gasteiger partial charge >= 0.3 is 0 Å². The monoisotopic (exact) mass is 1370 g/mol. The summed E-state index contributed by atoms with van der Waals surface area (Å²) in [7, 11) is 4.45. The van der Waals surface area contributed by atoms with E-state index in [0.29, 0.717) is 23.0 Å². The first-order valence-electron chi connectivity index (χ1n) is 42.3. The highest BCUT2D eigenvalue weighted by Crippen LogP contribution is 2.38. The van der Waals surface area contributed by atoms with E-state index in [4.69, 9.17) is 5.11 Å². The summed E-state index contributed by atoms with van der Waals surface area (Å²) in [6.07, 6.45) is 26.1. The van der Waals surface area contributed by atoms with Crippen LogP contribution in [0, 0.1) is 101 Å². The average molecular weight is 1370 g/mol. The number of unbranched alkanes of at least 4 members (excludes halogenated alkanes) is 1. The number of β-amino-alcohol motifs (C(OH)–C–C–N with tert-alkyl or cyclic N) is 1. The van der Waals surface area contributed by atoms with E-state index in [1.54, 1.807) is 0 Å². The van der Waals surface area contributed by atoms with Gasteiger partial charge in [0.1, 0.15) is 0 Å². The summed E-state index contributed by atoms with van der Waals surface area (Å²) in [4.78, 5) is 15.3. The van der Waals surface area contributed by atoms with Crippen molar-refractivity contribution in [2.75, 3.05) is 132 Å². The summed E-state index contributed by atoms with van der Waals surface area (Å²) in [6.45, 7) is 81.2. The zero-order chi connectivity index (χ0) is 72.3. The molecule has 11 fully saturated rings. The Morgan fingerprint density at radius 3 is 1.20 bits per heavy atom. The first kappa shape index (κ1) is 94.6. The van der Waals surface area contributed by atoms with Gasteiger partial charge in [0.15, 0.2) is 0 Å². The summed E-state index contributed by atoms with van der Waals surface area (Å²) >= 11 is 0. The van der Waals surface area contributed by atoms with Crippen LogP contribution >= 0.6 is 0 Å². The summed E-state index contributed by atoms with van der Waals surface area (Å²) in [6, 6.07) is 1.41. The molecule has 0 spiro atoms. The van der Waals surface area contributed by atoms with E-state index in [-0.39, 0.29) is 13.5 Å². The van der Waals surface area contributed by atoms with Crippen molar-refractivity contribution in [3.8, 4) is 0 Å². The molecule has 10 heteroatoms. The minimum absolute atomic E-state index is 0. The van der Waals surface area contributed by atoms with Crippen molar-refractivity contribution in [1.29, 1.82) is 0 Å². The number of rotatable bonds is 14. The van der Waals surface area contributed by atoms with E-state index >= 15 is 0 Å². The lowest BCUT2D eigenvalue weighted by molar-refractivity contribution is 0.0277. The van der Waals surface area contributed by atoms with Gasteiger partial charge in [-0.15, -0.1) is 0 Å². The molecule has 0 radical (unpaired) electrons. The molecule has 11 heterocycles. The number of nitrogens with one attached hydrogen (secondary N) is 3. The molecule has 4 N–H and O–H groups in total. The van der Waals surface area contributed by atoms with Gasteiger partial charge in [0.05, 0.1) is 6.10 Å². The van der Waals surface area contributed by atoms with Gasteiger partial charge in [-0.25, -0.2) is 0 Å².